The van der Waals surface area contributed by atoms with Crippen molar-refractivity contribution < 1.29 is 0 Å². The van der Waals surface area contributed by atoms with Crippen molar-refractivity contribution >= 4 is 11.8 Å². The van der Waals surface area contributed by atoms with Crippen molar-refractivity contribution in [2.24, 2.45) is 5.73 Å². The molecule has 0 saturated carbocycles. The van der Waals surface area contributed by atoms with Crippen molar-refractivity contribution in [2.45, 2.75) is 39.5 Å². The molecule has 2 heteroatoms. The minimum atomic E-state index is 0.188. The summed E-state index contributed by atoms with van der Waals surface area (Å²) in [5.41, 5.74) is 9.84. The Morgan fingerprint density at radius 2 is 1.83 bits per heavy atom. The summed E-state index contributed by atoms with van der Waals surface area (Å²) in [6, 6.07) is 4.54. The summed E-state index contributed by atoms with van der Waals surface area (Å²) < 4.78 is 0. The molecule has 0 spiro atoms. The van der Waals surface area contributed by atoms with Crippen LogP contribution in [0.3, 0.4) is 0 Å². The van der Waals surface area contributed by atoms with Gasteiger partial charge in [0.15, 0.2) is 0 Å². The van der Waals surface area contributed by atoms with E-state index >= 15 is 0 Å². The third kappa shape index (κ3) is 3.88. The fourth-order valence-electron chi connectivity index (χ4n) is 1.90. The third-order valence-electron chi connectivity index (χ3n) is 2.97. The van der Waals surface area contributed by atoms with Crippen molar-refractivity contribution in [2.75, 3.05) is 19.4 Å². The van der Waals surface area contributed by atoms with Gasteiger partial charge in [-0.05, 0) is 41.6 Å². The second-order valence-electron chi connectivity index (χ2n) is 5.16. The maximum Gasteiger partial charge on any atom is 0.0443 e. The Morgan fingerprint density at radius 1 is 1.28 bits per heavy atom. The molecule has 0 unspecified atom stereocenters. The summed E-state index contributed by atoms with van der Waals surface area (Å²) in [5, 5.41) is 3.27. The van der Waals surface area contributed by atoms with Crippen LogP contribution < -0.4 is 11.1 Å². The van der Waals surface area contributed by atoms with Crippen molar-refractivity contribution in [1.29, 1.82) is 0 Å². The SMILES string of the molecule is C=Cc1cc(C(C)(C)C)cc(CC)c1NC.CN. The van der Waals surface area contributed by atoms with Crippen LogP contribution in [0.25, 0.3) is 6.08 Å². The van der Waals surface area contributed by atoms with Crippen LogP contribution in [0.4, 0.5) is 5.69 Å². The molecule has 3 N–H and O–H groups in total. The first-order chi connectivity index (χ1) is 8.43. The second kappa shape index (κ2) is 7.22. The van der Waals surface area contributed by atoms with Crippen LogP contribution in [-0.2, 0) is 11.8 Å². The van der Waals surface area contributed by atoms with Crippen molar-refractivity contribution in [3.05, 3.63) is 35.4 Å². The monoisotopic (exact) mass is 248 g/mol. The van der Waals surface area contributed by atoms with E-state index in [1.165, 1.54) is 29.4 Å². The Hall–Kier alpha value is -1.28. The van der Waals surface area contributed by atoms with E-state index in [0.717, 1.165) is 6.42 Å². The summed E-state index contributed by atoms with van der Waals surface area (Å²) in [4.78, 5) is 0. The second-order valence-corrected chi connectivity index (χ2v) is 5.16. The summed E-state index contributed by atoms with van der Waals surface area (Å²) in [5.74, 6) is 0. The highest BCUT2D eigenvalue weighted by Crippen LogP contribution is 2.31. The minimum absolute atomic E-state index is 0.188. The van der Waals surface area contributed by atoms with E-state index in [0.29, 0.717) is 0 Å². The molecule has 1 aromatic rings. The van der Waals surface area contributed by atoms with Gasteiger partial charge in [0, 0.05) is 12.7 Å². The highest BCUT2D eigenvalue weighted by Gasteiger charge is 2.16. The molecule has 0 heterocycles. The van der Waals surface area contributed by atoms with E-state index in [9.17, 15) is 0 Å². The van der Waals surface area contributed by atoms with Crippen molar-refractivity contribution in [3.8, 4) is 0 Å². The quantitative estimate of drug-likeness (QED) is 0.853. The molecular formula is C16H28N2. The van der Waals surface area contributed by atoms with Crippen LogP contribution in [0.5, 0.6) is 0 Å². The van der Waals surface area contributed by atoms with Gasteiger partial charge in [0.05, 0.1) is 0 Å². The number of aryl methyl sites for hydroxylation is 1. The molecule has 2 nitrogen and oxygen atoms in total. The number of benzene rings is 1. The van der Waals surface area contributed by atoms with E-state index in [1.807, 2.05) is 13.1 Å². The van der Waals surface area contributed by atoms with E-state index < -0.39 is 0 Å². The summed E-state index contributed by atoms with van der Waals surface area (Å²) in [6.07, 6.45) is 2.97. The third-order valence-corrected chi connectivity index (χ3v) is 2.97. The lowest BCUT2D eigenvalue weighted by atomic mass is 9.84. The molecule has 0 saturated heterocycles. The van der Waals surface area contributed by atoms with Gasteiger partial charge in [-0.15, -0.1) is 0 Å². The first kappa shape index (κ1) is 16.7. The standard InChI is InChI=1S/C15H23N.CH5N/c1-7-11-9-13(15(3,4)5)10-12(8-2)14(11)16-6;1-2/h7,9-10,16H,1,8H2,2-6H3;2H2,1H3. The summed E-state index contributed by atoms with van der Waals surface area (Å²) in [7, 11) is 3.47. The molecule has 1 aromatic carbocycles. The van der Waals surface area contributed by atoms with Gasteiger partial charge in [-0.2, -0.15) is 0 Å². The van der Waals surface area contributed by atoms with E-state index in [2.05, 4.69) is 57.5 Å². The van der Waals surface area contributed by atoms with E-state index in [-0.39, 0.29) is 5.41 Å². The zero-order valence-corrected chi connectivity index (χ0v) is 12.7. The predicted octanol–water partition coefficient (Wildman–Crippen LogP) is 3.81. The highest BCUT2D eigenvalue weighted by atomic mass is 14.8. The molecule has 0 radical (unpaired) electrons. The Balaban J connectivity index is 0.00000137. The van der Waals surface area contributed by atoms with E-state index in [4.69, 9.17) is 0 Å². The number of hydrogen-bond donors (Lipinski definition) is 2. The molecule has 102 valence electrons. The van der Waals surface area contributed by atoms with Crippen LogP contribution >= 0.6 is 0 Å². The zero-order chi connectivity index (χ0) is 14.3. The highest BCUT2D eigenvalue weighted by molar-refractivity contribution is 5.70. The summed E-state index contributed by atoms with van der Waals surface area (Å²) >= 11 is 0. The number of nitrogens with one attached hydrogen (secondary N) is 1. The van der Waals surface area contributed by atoms with Gasteiger partial charge in [0.2, 0.25) is 0 Å². The van der Waals surface area contributed by atoms with Crippen LogP contribution in [0.1, 0.15) is 44.4 Å². The van der Waals surface area contributed by atoms with E-state index in [1.54, 1.807) is 0 Å². The number of nitrogens with two attached hydrogens (primary N) is 1. The Kier molecular flexibility index (Phi) is 6.71. The van der Waals surface area contributed by atoms with Crippen LogP contribution in [0, 0.1) is 0 Å². The molecule has 1 rings (SSSR count). The Labute approximate surface area is 112 Å². The molecular weight excluding hydrogens is 220 g/mol. The molecule has 0 bridgehead atoms. The lowest BCUT2D eigenvalue weighted by molar-refractivity contribution is 0.589. The van der Waals surface area contributed by atoms with Gasteiger partial charge < -0.3 is 11.1 Å². The van der Waals surface area contributed by atoms with Crippen molar-refractivity contribution in [1.82, 2.24) is 0 Å². The van der Waals surface area contributed by atoms with Crippen LogP contribution in [0.2, 0.25) is 0 Å². The van der Waals surface area contributed by atoms with Crippen LogP contribution in [0.15, 0.2) is 18.7 Å². The summed E-state index contributed by atoms with van der Waals surface area (Å²) in [6.45, 7) is 12.8. The fourth-order valence-corrected chi connectivity index (χ4v) is 1.90. The first-order valence-electron chi connectivity index (χ1n) is 6.49. The lowest BCUT2D eigenvalue weighted by Crippen LogP contribution is -2.13. The minimum Gasteiger partial charge on any atom is -0.387 e. The molecule has 0 fully saturated rings. The molecule has 0 aromatic heterocycles. The van der Waals surface area contributed by atoms with Gasteiger partial charge in [-0.3, -0.25) is 0 Å². The number of anilines is 1. The van der Waals surface area contributed by atoms with Gasteiger partial charge in [0.1, 0.15) is 0 Å². The van der Waals surface area contributed by atoms with Gasteiger partial charge in [-0.1, -0.05) is 46.4 Å². The smallest absolute Gasteiger partial charge is 0.0443 e. The fraction of sp³-hybridized carbons (Fsp3) is 0.500. The molecule has 0 aliphatic carbocycles. The predicted molar refractivity (Wildman–Crippen MR) is 84.3 cm³/mol. The molecule has 18 heavy (non-hydrogen) atoms. The lowest BCUT2D eigenvalue weighted by Gasteiger charge is -2.23. The number of rotatable bonds is 3. The Bertz CT molecular complexity index is 387. The average molecular weight is 248 g/mol. The molecule has 0 atom stereocenters. The zero-order valence-electron chi connectivity index (χ0n) is 12.7. The maximum absolute atomic E-state index is 4.50. The normalized spacial score (nSPS) is 10.4. The molecule has 0 amide bonds. The average Bonchev–Trinajstić information content (AvgIpc) is 2.38. The van der Waals surface area contributed by atoms with Gasteiger partial charge in [0.25, 0.3) is 0 Å². The maximum atomic E-state index is 4.50. The van der Waals surface area contributed by atoms with Crippen LogP contribution in [-0.4, -0.2) is 14.1 Å². The number of hydrogen-bond acceptors (Lipinski definition) is 2. The van der Waals surface area contributed by atoms with Gasteiger partial charge in [-0.25, -0.2) is 0 Å². The molecule has 0 aliphatic heterocycles. The topological polar surface area (TPSA) is 38.0 Å². The first-order valence-corrected chi connectivity index (χ1v) is 6.49. The van der Waals surface area contributed by atoms with Crippen molar-refractivity contribution in [3.63, 3.8) is 0 Å². The largest absolute Gasteiger partial charge is 0.387 e. The van der Waals surface area contributed by atoms with Gasteiger partial charge >= 0.3 is 0 Å². The molecule has 0 aliphatic rings. The Morgan fingerprint density at radius 3 is 2.17 bits per heavy atom.